The van der Waals surface area contributed by atoms with Crippen molar-refractivity contribution in [3.8, 4) is 11.8 Å². The van der Waals surface area contributed by atoms with Crippen molar-refractivity contribution in [1.29, 1.82) is 0 Å². The van der Waals surface area contributed by atoms with Crippen molar-refractivity contribution >= 4 is 0 Å². The largest absolute Gasteiger partial charge is 0.0982 e. The summed E-state index contributed by atoms with van der Waals surface area (Å²) in [5.41, 5.74) is 2.49. The summed E-state index contributed by atoms with van der Waals surface area (Å²) >= 11 is 0. The Morgan fingerprint density at radius 3 is 2.75 bits per heavy atom. The van der Waals surface area contributed by atoms with Crippen LogP contribution in [0.5, 0.6) is 0 Å². The van der Waals surface area contributed by atoms with Crippen LogP contribution in [0.25, 0.3) is 0 Å². The van der Waals surface area contributed by atoms with Crippen LogP contribution in [0, 0.1) is 11.8 Å². The summed E-state index contributed by atoms with van der Waals surface area (Å²) in [6.45, 7) is 4.23. The summed E-state index contributed by atoms with van der Waals surface area (Å²) < 4.78 is 0. The third-order valence-corrected chi connectivity index (χ3v) is 1.74. The smallest absolute Gasteiger partial charge is 0.0247 e. The first-order chi connectivity index (χ1) is 5.86. The normalized spacial score (nSPS) is 8.83. The van der Waals surface area contributed by atoms with Crippen molar-refractivity contribution in [3.63, 3.8) is 0 Å². The van der Waals surface area contributed by atoms with Gasteiger partial charge in [0, 0.05) is 12.0 Å². The average Bonchev–Trinajstić information content (AvgIpc) is 2.15. The Balaban J connectivity index is 2.86. The fourth-order valence-corrected chi connectivity index (χ4v) is 1.06. The molecule has 0 atom stereocenters. The lowest BCUT2D eigenvalue weighted by molar-refractivity contribution is 1.14. The van der Waals surface area contributed by atoms with E-state index in [1.54, 1.807) is 0 Å². The van der Waals surface area contributed by atoms with Crippen LogP contribution < -0.4 is 0 Å². The van der Waals surface area contributed by atoms with Crippen molar-refractivity contribution < 1.29 is 0 Å². The number of hydrogen-bond acceptors (Lipinski definition) is 0. The SMILES string of the molecule is CCC#Cc1cccc(CC)c1. The zero-order valence-electron chi connectivity index (χ0n) is 7.72. The van der Waals surface area contributed by atoms with Crippen molar-refractivity contribution in [2.24, 2.45) is 0 Å². The molecule has 0 N–H and O–H groups in total. The Kier molecular flexibility index (Phi) is 3.41. The van der Waals surface area contributed by atoms with Crippen LogP contribution in [0.3, 0.4) is 0 Å². The summed E-state index contributed by atoms with van der Waals surface area (Å²) in [6.07, 6.45) is 2.01. The fourth-order valence-electron chi connectivity index (χ4n) is 1.06. The molecule has 0 aliphatic carbocycles. The maximum absolute atomic E-state index is 3.12. The molecule has 0 radical (unpaired) electrons. The Morgan fingerprint density at radius 2 is 2.08 bits per heavy atom. The van der Waals surface area contributed by atoms with Crippen molar-refractivity contribution in [1.82, 2.24) is 0 Å². The average molecular weight is 158 g/mol. The monoisotopic (exact) mass is 158 g/mol. The van der Waals surface area contributed by atoms with Crippen LogP contribution in [0.4, 0.5) is 0 Å². The third kappa shape index (κ3) is 2.43. The number of rotatable bonds is 1. The number of hydrogen-bond donors (Lipinski definition) is 0. The van der Waals surface area contributed by atoms with Gasteiger partial charge in [0.2, 0.25) is 0 Å². The Hall–Kier alpha value is -1.22. The summed E-state index contributed by atoms with van der Waals surface area (Å²) in [7, 11) is 0. The van der Waals surface area contributed by atoms with Crippen molar-refractivity contribution in [3.05, 3.63) is 35.4 Å². The molecular formula is C12H14. The molecule has 0 aliphatic heterocycles. The number of aryl methyl sites for hydroxylation is 1. The highest BCUT2D eigenvalue weighted by Crippen LogP contribution is 2.04. The predicted octanol–water partition coefficient (Wildman–Crippen LogP) is 3.01. The first kappa shape index (κ1) is 8.87. The standard InChI is InChI=1S/C12H14/c1-3-5-7-12-9-6-8-11(4-2)10-12/h6,8-10H,3-4H2,1-2H3. The van der Waals surface area contributed by atoms with Gasteiger partial charge in [0.05, 0.1) is 0 Å². The Morgan fingerprint density at radius 1 is 1.25 bits per heavy atom. The first-order valence-electron chi connectivity index (χ1n) is 4.44. The maximum atomic E-state index is 3.12. The minimum absolute atomic E-state index is 0.927. The van der Waals surface area contributed by atoms with Crippen molar-refractivity contribution in [2.75, 3.05) is 0 Å². The van der Waals surface area contributed by atoms with E-state index in [0.29, 0.717) is 0 Å². The summed E-state index contributed by atoms with van der Waals surface area (Å²) in [6, 6.07) is 8.42. The lowest BCUT2D eigenvalue weighted by atomic mass is 10.1. The molecule has 0 fully saturated rings. The number of benzene rings is 1. The maximum Gasteiger partial charge on any atom is 0.0247 e. The van der Waals surface area contributed by atoms with E-state index >= 15 is 0 Å². The molecule has 0 saturated heterocycles. The van der Waals surface area contributed by atoms with Gasteiger partial charge in [-0.1, -0.05) is 37.8 Å². The minimum atomic E-state index is 0.927. The molecule has 12 heavy (non-hydrogen) atoms. The fraction of sp³-hybridized carbons (Fsp3) is 0.333. The molecule has 0 heteroatoms. The molecule has 1 aromatic rings. The first-order valence-corrected chi connectivity index (χ1v) is 4.44. The van der Waals surface area contributed by atoms with Crippen LogP contribution in [-0.2, 0) is 6.42 Å². The third-order valence-electron chi connectivity index (χ3n) is 1.74. The molecule has 0 aromatic heterocycles. The van der Waals surface area contributed by atoms with Gasteiger partial charge in [0.25, 0.3) is 0 Å². The van der Waals surface area contributed by atoms with Crippen LogP contribution in [0.15, 0.2) is 24.3 Å². The predicted molar refractivity (Wildman–Crippen MR) is 53.0 cm³/mol. The Bertz CT molecular complexity index is 299. The second-order valence-corrected chi connectivity index (χ2v) is 2.71. The quantitative estimate of drug-likeness (QED) is 0.551. The van der Waals surface area contributed by atoms with Gasteiger partial charge in [-0.25, -0.2) is 0 Å². The van der Waals surface area contributed by atoms with Gasteiger partial charge in [0.1, 0.15) is 0 Å². The van der Waals surface area contributed by atoms with Gasteiger partial charge in [-0.2, -0.15) is 0 Å². The van der Waals surface area contributed by atoms with E-state index in [1.807, 2.05) is 0 Å². The van der Waals surface area contributed by atoms with Crippen LogP contribution in [0.1, 0.15) is 31.4 Å². The van der Waals surface area contributed by atoms with E-state index in [-0.39, 0.29) is 0 Å². The summed E-state index contributed by atoms with van der Waals surface area (Å²) in [5.74, 6) is 6.18. The van der Waals surface area contributed by atoms with Crippen LogP contribution in [-0.4, -0.2) is 0 Å². The van der Waals surface area contributed by atoms with E-state index in [0.717, 1.165) is 18.4 Å². The zero-order chi connectivity index (χ0) is 8.81. The summed E-state index contributed by atoms with van der Waals surface area (Å²) in [5, 5.41) is 0. The molecule has 0 saturated carbocycles. The second kappa shape index (κ2) is 4.62. The molecule has 1 aromatic carbocycles. The van der Waals surface area contributed by atoms with E-state index < -0.39 is 0 Å². The van der Waals surface area contributed by atoms with E-state index in [1.165, 1.54) is 5.56 Å². The molecule has 0 spiro atoms. The molecule has 62 valence electrons. The molecule has 0 amide bonds. The van der Waals surface area contributed by atoms with E-state index in [2.05, 4.69) is 50.0 Å². The topological polar surface area (TPSA) is 0 Å². The Labute approximate surface area is 74.6 Å². The van der Waals surface area contributed by atoms with Crippen LogP contribution >= 0.6 is 0 Å². The molecule has 0 aliphatic rings. The van der Waals surface area contributed by atoms with Gasteiger partial charge in [-0.05, 0) is 24.1 Å². The van der Waals surface area contributed by atoms with E-state index in [4.69, 9.17) is 0 Å². The highest BCUT2D eigenvalue weighted by Gasteiger charge is 1.88. The highest BCUT2D eigenvalue weighted by atomic mass is 13.9. The van der Waals surface area contributed by atoms with Gasteiger partial charge < -0.3 is 0 Å². The van der Waals surface area contributed by atoms with Crippen LogP contribution in [0.2, 0.25) is 0 Å². The van der Waals surface area contributed by atoms with Gasteiger partial charge in [-0.15, -0.1) is 0 Å². The van der Waals surface area contributed by atoms with E-state index in [9.17, 15) is 0 Å². The molecule has 0 bridgehead atoms. The molecule has 1 rings (SSSR count). The lowest BCUT2D eigenvalue weighted by Crippen LogP contribution is -1.80. The second-order valence-electron chi connectivity index (χ2n) is 2.71. The zero-order valence-corrected chi connectivity index (χ0v) is 7.72. The summed E-state index contributed by atoms with van der Waals surface area (Å²) in [4.78, 5) is 0. The molecular weight excluding hydrogens is 144 g/mol. The van der Waals surface area contributed by atoms with Gasteiger partial charge in [-0.3, -0.25) is 0 Å². The van der Waals surface area contributed by atoms with Gasteiger partial charge >= 0.3 is 0 Å². The molecule has 0 unspecified atom stereocenters. The molecule has 0 heterocycles. The lowest BCUT2D eigenvalue weighted by Gasteiger charge is -1.95. The van der Waals surface area contributed by atoms with Crippen molar-refractivity contribution in [2.45, 2.75) is 26.7 Å². The molecule has 0 nitrogen and oxygen atoms in total. The minimum Gasteiger partial charge on any atom is -0.0982 e. The van der Waals surface area contributed by atoms with Gasteiger partial charge in [0.15, 0.2) is 0 Å². The highest BCUT2D eigenvalue weighted by molar-refractivity contribution is 5.36.